The molecule has 0 aliphatic carbocycles. The molecule has 0 radical (unpaired) electrons. The molecule has 0 unspecified atom stereocenters. The molecule has 2 N–H and O–H groups in total. The summed E-state index contributed by atoms with van der Waals surface area (Å²) in [7, 11) is 0. The maximum absolute atomic E-state index is 11.5. The number of carbonyl (C=O) groups excluding carboxylic acids is 1. The number of nitrogens with one attached hydrogen (secondary N) is 2. The van der Waals surface area contributed by atoms with Crippen molar-refractivity contribution < 1.29 is 4.79 Å². The fraction of sp³-hybridized carbons (Fsp3) is 0.556. The van der Waals surface area contributed by atoms with Crippen LogP contribution in [0, 0.1) is 6.92 Å². The average Bonchev–Trinajstić information content (AvgIpc) is 2.31. The standard InChI is InChI=1S/C9H15N3O/c1-6-5-7(12-11-6)8(13)10-9(2,3)4/h5H,1-4H3,(H,10,13)(H,11,12). The lowest BCUT2D eigenvalue weighted by atomic mass is 10.1. The summed E-state index contributed by atoms with van der Waals surface area (Å²) in [5.74, 6) is -0.142. The first-order valence-electron chi connectivity index (χ1n) is 4.23. The van der Waals surface area contributed by atoms with Gasteiger partial charge >= 0.3 is 0 Å². The number of aryl methyl sites for hydroxylation is 1. The van der Waals surface area contributed by atoms with Crippen LogP contribution in [0.4, 0.5) is 0 Å². The van der Waals surface area contributed by atoms with Gasteiger partial charge in [-0.25, -0.2) is 0 Å². The minimum Gasteiger partial charge on any atom is -0.346 e. The molecular weight excluding hydrogens is 166 g/mol. The van der Waals surface area contributed by atoms with Crippen molar-refractivity contribution >= 4 is 5.91 Å². The predicted octanol–water partition coefficient (Wildman–Crippen LogP) is 1.25. The number of hydrogen-bond donors (Lipinski definition) is 2. The van der Waals surface area contributed by atoms with Gasteiger partial charge in [-0.05, 0) is 33.8 Å². The highest BCUT2D eigenvalue weighted by molar-refractivity contribution is 5.92. The first kappa shape index (κ1) is 9.77. The van der Waals surface area contributed by atoms with Gasteiger partial charge in [0.1, 0.15) is 5.69 Å². The minimum absolute atomic E-state index is 0.142. The molecule has 1 amide bonds. The van der Waals surface area contributed by atoms with Gasteiger partial charge in [0, 0.05) is 11.2 Å². The second-order valence-electron chi connectivity index (χ2n) is 4.14. The van der Waals surface area contributed by atoms with Gasteiger partial charge in [-0.1, -0.05) is 0 Å². The zero-order valence-corrected chi connectivity index (χ0v) is 8.43. The third-order valence-corrected chi connectivity index (χ3v) is 1.43. The van der Waals surface area contributed by atoms with Crippen molar-refractivity contribution in [2.45, 2.75) is 33.2 Å². The number of carbonyl (C=O) groups is 1. The maximum Gasteiger partial charge on any atom is 0.272 e. The van der Waals surface area contributed by atoms with Crippen molar-refractivity contribution in [1.82, 2.24) is 15.5 Å². The summed E-state index contributed by atoms with van der Waals surface area (Å²) in [6.07, 6.45) is 0. The number of H-pyrrole nitrogens is 1. The van der Waals surface area contributed by atoms with Crippen molar-refractivity contribution in [2.75, 3.05) is 0 Å². The molecule has 0 aliphatic rings. The summed E-state index contributed by atoms with van der Waals surface area (Å²) in [6.45, 7) is 7.67. The number of aromatic amines is 1. The third-order valence-electron chi connectivity index (χ3n) is 1.43. The van der Waals surface area contributed by atoms with Crippen molar-refractivity contribution in [1.29, 1.82) is 0 Å². The smallest absolute Gasteiger partial charge is 0.272 e. The number of amides is 1. The zero-order valence-electron chi connectivity index (χ0n) is 8.43. The lowest BCUT2D eigenvalue weighted by Gasteiger charge is -2.19. The molecule has 1 rings (SSSR count). The second kappa shape index (κ2) is 3.20. The van der Waals surface area contributed by atoms with Crippen LogP contribution >= 0.6 is 0 Å². The van der Waals surface area contributed by atoms with Crippen molar-refractivity contribution in [3.05, 3.63) is 17.5 Å². The maximum atomic E-state index is 11.5. The fourth-order valence-electron chi connectivity index (χ4n) is 0.939. The van der Waals surface area contributed by atoms with Crippen LogP contribution in [0.3, 0.4) is 0 Å². The summed E-state index contributed by atoms with van der Waals surface area (Å²) in [5, 5.41) is 9.41. The number of rotatable bonds is 1. The third kappa shape index (κ3) is 2.89. The van der Waals surface area contributed by atoms with E-state index < -0.39 is 0 Å². The molecule has 1 aromatic heterocycles. The molecule has 0 saturated heterocycles. The molecule has 0 bridgehead atoms. The normalized spacial score (nSPS) is 11.4. The molecule has 72 valence electrons. The Morgan fingerprint density at radius 1 is 1.54 bits per heavy atom. The molecule has 13 heavy (non-hydrogen) atoms. The molecule has 4 nitrogen and oxygen atoms in total. The van der Waals surface area contributed by atoms with E-state index in [-0.39, 0.29) is 11.4 Å². The summed E-state index contributed by atoms with van der Waals surface area (Å²) in [4.78, 5) is 11.5. The molecule has 0 aliphatic heterocycles. The molecule has 4 heteroatoms. The van der Waals surface area contributed by atoms with E-state index in [1.54, 1.807) is 6.07 Å². The average molecular weight is 181 g/mol. The SMILES string of the molecule is Cc1cc(C(=O)NC(C)(C)C)n[nH]1. The molecule has 0 saturated carbocycles. The van der Waals surface area contributed by atoms with E-state index in [4.69, 9.17) is 0 Å². The highest BCUT2D eigenvalue weighted by Gasteiger charge is 2.16. The minimum atomic E-state index is -0.218. The Balaban J connectivity index is 2.70. The number of nitrogens with zero attached hydrogens (tertiary/aromatic N) is 1. The van der Waals surface area contributed by atoms with Gasteiger partial charge in [0.05, 0.1) is 0 Å². The predicted molar refractivity (Wildman–Crippen MR) is 50.5 cm³/mol. The molecule has 0 spiro atoms. The van der Waals surface area contributed by atoms with Gasteiger partial charge in [-0.15, -0.1) is 0 Å². The number of hydrogen-bond acceptors (Lipinski definition) is 2. The fourth-order valence-corrected chi connectivity index (χ4v) is 0.939. The van der Waals surface area contributed by atoms with E-state index in [9.17, 15) is 4.79 Å². The van der Waals surface area contributed by atoms with E-state index in [1.165, 1.54) is 0 Å². The van der Waals surface area contributed by atoms with Crippen molar-refractivity contribution in [3.8, 4) is 0 Å². The van der Waals surface area contributed by atoms with Crippen LogP contribution in [-0.4, -0.2) is 21.6 Å². The van der Waals surface area contributed by atoms with Gasteiger partial charge < -0.3 is 5.32 Å². The van der Waals surface area contributed by atoms with Crippen LogP contribution in [-0.2, 0) is 0 Å². The highest BCUT2D eigenvalue weighted by atomic mass is 16.2. The van der Waals surface area contributed by atoms with Crippen LogP contribution in [0.15, 0.2) is 6.07 Å². The second-order valence-corrected chi connectivity index (χ2v) is 4.14. The molecule has 0 atom stereocenters. The lowest BCUT2D eigenvalue weighted by molar-refractivity contribution is 0.0914. The Labute approximate surface area is 77.7 Å². The van der Waals surface area contributed by atoms with Crippen molar-refractivity contribution in [3.63, 3.8) is 0 Å². The van der Waals surface area contributed by atoms with E-state index in [2.05, 4.69) is 15.5 Å². The molecule has 1 aromatic rings. The zero-order chi connectivity index (χ0) is 10.1. The van der Waals surface area contributed by atoms with Gasteiger partial charge in [0.25, 0.3) is 5.91 Å². The summed E-state index contributed by atoms with van der Waals surface area (Å²) >= 11 is 0. The van der Waals surface area contributed by atoms with Gasteiger partial charge in [-0.3, -0.25) is 9.89 Å². The Morgan fingerprint density at radius 3 is 2.54 bits per heavy atom. The van der Waals surface area contributed by atoms with Crippen LogP contribution < -0.4 is 5.32 Å². The Kier molecular flexibility index (Phi) is 2.40. The van der Waals surface area contributed by atoms with Gasteiger partial charge in [0.2, 0.25) is 0 Å². The molecule has 0 fully saturated rings. The quantitative estimate of drug-likeness (QED) is 0.685. The summed E-state index contributed by atoms with van der Waals surface area (Å²) in [5.41, 5.74) is 1.11. The van der Waals surface area contributed by atoms with E-state index >= 15 is 0 Å². The van der Waals surface area contributed by atoms with Crippen molar-refractivity contribution in [2.24, 2.45) is 0 Å². The lowest BCUT2D eigenvalue weighted by Crippen LogP contribution is -2.40. The van der Waals surface area contributed by atoms with Gasteiger partial charge in [0.15, 0.2) is 0 Å². The van der Waals surface area contributed by atoms with Crippen LogP contribution in [0.2, 0.25) is 0 Å². The van der Waals surface area contributed by atoms with Crippen LogP contribution in [0.25, 0.3) is 0 Å². The highest BCUT2D eigenvalue weighted by Crippen LogP contribution is 2.03. The molecular formula is C9H15N3O. The Morgan fingerprint density at radius 2 is 2.15 bits per heavy atom. The van der Waals surface area contributed by atoms with Crippen LogP contribution in [0.5, 0.6) is 0 Å². The first-order valence-corrected chi connectivity index (χ1v) is 4.23. The number of aromatic nitrogens is 2. The molecule has 1 heterocycles. The van der Waals surface area contributed by atoms with Crippen LogP contribution in [0.1, 0.15) is 37.0 Å². The van der Waals surface area contributed by atoms with E-state index in [1.807, 2.05) is 27.7 Å². The topological polar surface area (TPSA) is 57.8 Å². The Hall–Kier alpha value is -1.32. The summed E-state index contributed by atoms with van der Waals surface area (Å²) < 4.78 is 0. The summed E-state index contributed by atoms with van der Waals surface area (Å²) in [6, 6.07) is 1.72. The monoisotopic (exact) mass is 181 g/mol. The molecule has 0 aromatic carbocycles. The van der Waals surface area contributed by atoms with E-state index in [0.29, 0.717) is 5.69 Å². The largest absolute Gasteiger partial charge is 0.346 e. The Bertz CT molecular complexity index is 309. The van der Waals surface area contributed by atoms with Gasteiger partial charge in [-0.2, -0.15) is 5.10 Å². The first-order chi connectivity index (χ1) is 5.88. The van der Waals surface area contributed by atoms with E-state index in [0.717, 1.165) is 5.69 Å².